The van der Waals surface area contributed by atoms with Crippen LogP contribution in [0.5, 0.6) is 0 Å². The number of aryl methyl sites for hydroxylation is 2. The first-order valence-electron chi connectivity index (χ1n) is 6.82. The summed E-state index contributed by atoms with van der Waals surface area (Å²) in [5.74, 6) is 0.659. The molecular weight excluding hydrogens is 286 g/mol. The average molecular weight is 304 g/mol. The summed E-state index contributed by atoms with van der Waals surface area (Å²) in [7, 11) is 1.94. The van der Waals surface area contributed by atoms with Crippen LogP contribution in [0, 0.1) is 6.92 Å². The molecule has 1 N–H and O–H groups in total. The lowest BCUT2D eigenvalue weighted by molar-refractivity contribution is 0.751. The summed E-state index contributed by atoms with van der Waals surface area (Å²) in [6.45, 7) is 6.05. The lowest BCUT2D eigenvalue weighted by atomic mass is 10.2. The quantitative estimate of drug-likeness (QED) is 0.724. The van der Waals surface area contributed by atoms with Crippen molar-refractivity contribution in [3.63, 3.8) is 0 Å². The van der Waals surface area contributed by atoms with Gasteiger partial charge < -0.3 is 5.32 Å². The minimum absolute atomic E-state index is 0.222. The van der Waals surface area contributed by atoms with Crippen LogP contribution < -0.4 is 5.32 Å². The molecule has 1 aromatic carbocycles. The average Bonchev–Trinajstić information content (AvgIpc) is 2.76. The molecule has 0 unspecified atom stereocenters. The predicted molar refractivity (Wildman–Crippen MR) is 87.1 cm³/mol. The summed E-state index contributed by atoms with van der Waals surface area (Å²) in [6.07, 6.45) is 1.61. The zero-order valence-corrected chi connectivity index (χ0v) is 13.3. The van der Waals surface area contributed by atoms with Gasteiger partial charge in [0.15, 0.2) is 0 Å². The highest BCUT2D eigenvalue weighted by molar-refractivity contribution is 6.28. The molecule has 0 aliphatic carbocycles. The molecule has 2 heterocycles. The Kier molecular flexibility index (Phi) is 4.75. The van der Waals surface area contributed by atoms with Crippen molar-refractivity contribution in [3.8, 4) is 0 Å². The smallest absolute Gasteiger partial charge is 0.224 e. The number of halogens is 1. The van der Waals surface area contributed by atoms with Crippen LogP contribution in [0.3, 0.4) is 0 Å². The molecule has 0 bridgehead atoms. The Morgan fingerprint density at radius 3 is 2.67 bits per heavy atom. The van der Waals surface area contributed by atoms with Crippen LogP contribution in [-0.4, -0.2) is 19.7 Å². The maximum absolute atomic E-state index is 5.75. The Bertz CT molecular complexity index is 751. The molecule has 3 rings (SSSR count). The predicted octanol–water partition coefficient (Wildman–Crippen LogP) is 4.09. The molecule has 0 saturated carbocycles. The number of benzene rings is 1. The molecule has 0 amide bonds. The highest BCUT2D eigenvalue weighted by atomic mass is 35.5. The summed E-state index contributed by atoms with van der Waals surface area (Å²) in [5, 5.41) is 9.00. The highest BCUT2D eigenvalue weighted by Gasteiger charge is 2.06. The normalized spacial score (nSPS) is 10.1. The number of aromatic nitrogens is 4. The van der Waals surface area contributed by atoms with Crippen LogP contribution in [0.2, 0.25) is 5.28 Å². The van der Waals surface area contributed by atoms with E-state index in [1.54, 1.807) is 12.3 Å². The lowest BCUT2D eigenvalue weighted by Gasteiger charge is -2.05. The molecule has 0 aliphatic heterocycles. The Morgan fingerprint density at radius 1 is 1.19 bits per heavy atom. The maximum atomic E-state index is 5.75. The van der Waals surface area contributed by atoms with Gasteiger partial charge in [-0.1, -0.05) is 13.8 Å². The summed E-state index contributed by atoms with van der Waals surface area (Å²) in [4.78, 5) is 7.93. The molecule has 0 radical (unpaired) electrons. The minimum Gasteiger partial charge on any atom is -0.340 e. The van der Waals surface area contributed by atoms with E-state index in [2.05, 4.69) is 20.4 Å². The van der Waals surface area contributed by atoms with E-state index in [9.17, 15) is 0 Å². The van der Waals surface area contributed by atoms with Gasteiger partial charge in [-0.05, 0) is 42.8 Å². The molecule has 0 fully saturated rings. The molecule has 0 saturated heterocycles. The number of hydrogen-bond donors (Lipinski definition) is 1. The van der Waals surface area contributed by atoms with Gasteiger partial charge in [0.2, 0.25) is 5.28 Å². The van der Waals surface area contributed by atoms with Gasteiger partial charge in [-0.15, -0.1) is 0 Å². The van der Waals surface area contributed by atoms with Crippen molar-refractivity contribution in [2.75, 3.05) is 5.32 Å². The lowest BCUT2D eigenvalue weighted by Crippen LogP contribution is -1.94. The van der Waals surface area contributed by atoms with E-state index in [4.69, 9.17) is 11.6 Å². The van der Waals surface area contributed by atoms with Crippen LogP contribution in [0.25, 0.3) is 10.9 Å². The minimum atomic E-state index is 0.222. The van der Waals surface area contributed by atoms with Gasteiger partial charge in [0.05, 0.1) is 5.52 Å². The fourth-order valence-electron chi connectivity index (χ4n) is 1.96. The maximum Gasteiger partial charge on any atom is 0.224 e. The molecule has 0 aliphatic rings. The fraction of sp³-hybridized carbons (Fsp3) is 0.267. The van der Waals surface area contributed by atoms with Crippen LogP contribution in [0.4, 0.5) is 11.5 Å². The van der Waals surface area contributed by atoms with Gasteiger partial charge >= 0.3 is 0 Å². The Balaban J connectivity index is 0.000000774. The van der Waals surface area contributed by atoms with Crippen molar-refractivity contribution in [1.29, 1.82) is 0 Å². The SMILES string of the molecule is CC.Cc1c2ccc(Nc3ccnc(Cl)n3)cc2nn1C. The van der Waals surface area contributed by atoms with E-state index >= 15 is 0 Å². The summed E-state index contributed by atoms with van der Waals surface area (Å²) in [5.41, 5.74) is 3.01. The summed E-state index contributed by atoms with van der Waals surface area (Å²) < 4.78 is 1.87. The van der Waals surface area contributed by atoms with E-state index in [1.807, 2.05) is 50.7 Å². The Labute approximate surface area is 129 Å². The van der Waals surface area contributed by atoms with Crippen LogP contribution >= 0.6 is 11.6 Å². The van der Waals surface area contributed by atoms with Gasteiger partial charge in [0.25, 0.3) is 0 Å². The molecule has 0 atom stereocenters. The van der Waals surface area contributed by atoms with Crippen molar-refractivity contribution in [2.45, 2.75) is 20.8 Å². The second kappa shape index (κ2) is 6.54. The van der Waals surface area contributed by atoms with Crippen LogP contribution in [-0.2, 0) is 7.05 Å². The topological polar surface area (TPSA) is 55.6 Å². The van der Waals surface area contributed by atoms with Crippen molar-refractivity contribution in [1.82, 2.24) is 19.7 Å². The first-order chi connectivity index (χ1) is 10.1. The standard InChI is InChI=1S/C13H12ClN5.C2H6/c1-8-10-4-3-9(7-11(10)18-19(8)2)16-12-5-6-15-13(14)17-12;1-2/h3-7H,1-2H3,(H,15,16,17);1-2H3. The second-order valence-corrected chi connectivity index (χ2v) is 4.61. The largest absolute Gasteiger partial charge is 0.340 e. The van der Waals surface area contributed by atoms with Crippen LogP contribution in [0.15, 0.2) is 30.5 Å². The van der Waals surface area contributed by atoms with Crippen molar-refractivity contribution >= 4 is 34.0 Å². The highest BCUT2D eigenvalue weighted by Crippen LogP contribution is 2.23. The van der Waals surface area contributed by atoms with Gasteiger partial charge in [0.1, 0.15) is 5.82 Å². The number of fused-ring (bicyclic) bond motifs is 1. The molecule has 0 spiro atoms. The Hall–Kier alpha value is -2.14. The molecular formula is C15H18ClN5. The first kappa shape index (κ1) is 15.3. The van der Waals surface area contributed by atoms with Crippen molar-refractivity contribution < 1.29 is 0 Å². The molecule has 3 aromatic rings. The number of rotatable bonds is 2. The third kappa shape index (κ3) is 3.31. The molecule has 110 valence electrons. The monoisotopic (exact) mass is 303 g/mol. The zero-order chi connectivity index (χ0) is 15.4. The van der Waals surface area contributed by atoms with E-state index < -0.39 is 0 Å². The number of nitrogens with zero attached hydrogens (tertiary/aromatic N) is 4. The molecule has 21 heavy (non-hydrogen) atoms. The third-order valence-corrected chi connectivity index (χ3v) is 3.21. The van der Waals surface area contributed by atoms with Gasteiger partial charge in [-0.2, -0.15) is 5.10 Å². The zero-order valence-electron chi connectivity index (χ0n) is 12.6. The third-order valence-electron chi connectivity index (χ3n) is 3.03. The summed E-state index contributed by atoms with van der Waals surface area (Å²) in [6, 6.07) is 7.79. The van der Waals surface area contributed by atoms with Crippen LogP contribution in [0.1, 0.15) is 19.5 Å². The van der Waals surface area contributed by atoms with E-state index in [1.165, 1.54) is 0 Å². The van der Waals surface area contributed by atoms with Gasteiger partial charge in [-0.25, -0.2) is 9.97 Å². The van der Waals surface area contributed by atoms with Crippen molar-refractivity contribution in [2.24, 2.45) is 7.05 Å². The van der Waals surface area contributed by atoms with E-state index in [0.717, 1.165) is 22.3 Å². The van der Waals surface area contributed by atoms with Gasteiger partial charge in [-0.3, -0.25) is 4.68 Å². The first-order valence-corrected chi connectivity index (χ1v) is 7.20. The van der Waals surface area contributed by atoms with E-state index in [-0.39, 0.29) is 5.28 Å². The number of anilines is 2. The van der Waals surface area contributed by atoms with Crippen molar-refractivity contribution in [3.05, 3.63) is 41.4 Å². The number of nitrogens with one attached hydrogen (secondary N) is 1. The molecule has 2 aromatic heterocycles. The van der Waals surface area contributed by atoms with E-state index in [0.29, 0.717) is 5.82 Å². The fourth-order valence-corrected chi connectivity index (χ4v) is 2.11. The molecule has 5 nitrogen and oxygen atoms in total. The Morgan fingerprint density at radius 2 is 1.95 bits per heavy atom. The van der Waals surface area contributed by atoms with Gasteiger partial charge in [0, 0.05) is 30.0 Å². The molecule has 6 heteroatoms. The second-order valence-electron chi connectivity index (χ2n) is 4.28. The summed E-state index contributed by atoms with van der Waals surface area (Å²) >= 11 is 5.75. The number of hydrogen-bond acceptors (Lipinski definition) is 4.